The van der Waals surface area contributed by atoms with E-state index in [1.807, 2.05) is 27.7 Å². The summed E-state index contributed by atoms with van der Waals surface area (Å²) in [4.78, 5) is 13.9. The number of aliphatic carboxylic acids is 1. The molecule has 0 aromatic carbocycles. The van der Waals surface area contributed by atoms with Crippen molar-refractivity contribution in [1.82, 2.24) is 4.90 Å². The molecule has 1 aliphatic rings. The van der Waals surface area contributed by atoms with Crippen molar-refractivity contribution in [1.29, 1.82) is 0 Å². The number of piperidine rings is 1. The normalized spacial score (nSPS) is 22.2. The van der Waals surface area contributed by atoms with Crippen LogP contribution in [0.3, 0.4) is 0 Å². The molecular weight excluding hydrogens is 266 g/mol. The van der Waals surface area contributed by atoms with Crippen molar-refractivity contribution in [2.45, 2.75) is 53.5 Å². The molecule has 2 heterocycles. The molecule has 21 heavy (non-hydrogen) atoms. The Kier molecular flexibility index (Phi) is 4.47. The average molecular weight is 293 g/mol. The van der Waals surface area contributed by atoms with Crippen molar-refractivity contribution < 1.29 is 14.3 Å². The summed E-state index contributed by atoms with van der Waals surface area (Å²) < 4.78 is 5.64. The number of hydrogen-bond acceptors (Lipinski definition) is 3. The van der Waals surface area contributed by atoms with Crippen molar-refractivity contribution in [3.63, 3.8) is 0 Å². The third kappa shape index (κ3) is 3.15. The molecule has 4 nitrogen and oxygen atoms in total. The predicted octanol–water partition coefficient (Wildman–Crippen LogP) is 3.78. The second kappa shape index (κ2) is 5.84. The molecule has 2 rings (SSSR count). The quantitative estimate of drug-likeness (QED) is 0.918. The molecule has 4 heteroatoms. The lowest BCUT2D eigenvalue weighted by Gasteiger charge is -2.41. The van der Waals surface area contributed by atoms with Crippen LogP contribution in [0.5, 0.6) is 0 Å². The number of carbonyl (C=O) groups is 1. The second-order valence-corrected chi connectivity index (χ2v) is 6.91. The van der Waals surface area contributed by atoms with Crippen LogP contribution in [0.25, 0.3) is 0 Å². The number of rotatable bonds is 4. The summed E-state index contributed by atoms with van der Waals surface area (Å²) in [5.41, 5.74) is 0.556. The number of hydrogen-bond donors (Lipinski definition) is 1. The van der Waals surface area contributed by atoms with Gasteiger partial charge in [-0.3, -0.25) is 9.69 Å². The van der Waals surface area contributed by atoms with Gasteiger partial charge in [0.1, 0.15) is 11.5 Å². The van der Waals surface area contributed by atoms with Crippen molar-refractivity contribution in [3.05, 3.63) is 23.2 Å². The first-order valence-corrected chi connectivity index (χ1v) is 7.78. The lowest BCUT2D eigenvalue weighted by Crippen LogP contribution is -2.45. The summed E-state index contributed by atoms with van der Waals surface area (Å²) in [6.45, 7) is 11.7. The fraction of sp³-hybridized carbons (Fsp3) is 0.706. The van der Waals surface area contributed by atoms with E-state index in [-0.39, 0.29) is 12.0 Å². The van der Waals surface area contributed by atoms with Crippen LogP contribution < -0.4 is 0 Å². The van der Waals surface area contributed by atoms with E-state index in [4.69, 9.17) is 4.42 Å². The smallest absolute Gasteiger partial charge is 0.309 e. The molecular formula is C17H27NO3. The highest BCUT2D eigenvalue weighted by molar-refractivity contribution is 5.74. The number of carboxylic acids is 1. The van der Waals surface area contributed by atoms with Crippen molar-refractivity contribution >= 4 is 5.97 Å². The minimum Gasteiger partial charge on any atom is -0.481 e. The van der Waals surface area contributed by atoms with Gasteiger partial charge in [0.25, 0.3) is 0 Å². The van der Waals surface area contributed by atoms with E-state index >= 15 is 0 Å². The lowest BCUT2D eigenvalue weighted by molar-refractivity contribution is -0.151. The zero-order chi connectivity index (χ0) is 15.8. The van der Waals surface area contributed by atoms with Gasteiger partial charge in [0, 0.05) is 18.2 Å². The molecule has 0 aliphatic carbocycles. The van der Waals surface area contributed by atoms with Gasteiger partial charge >= 0.3 is 5.97 Å². The molecule has 1 N–H and O–H groups in total. The Morgan fingerprint density at radius 2 is 2.14 bits per heavy atom. The summed E-state index contributed by atoms with van der Waals surface area (Å²) in [5, 5.41) is 9.45. The first-order chi connectivity index (χ1) is 9.73. The molecule has 1 fully saturated rings. The maximum absolute atomic E-state index is 11.5. The third-order valence-corrected chi connectivity index (χ3v) is 5.10. The number of likely N-dealkylation sites (tertiary alicyclic amines) is 1. The maximum atomic E-state index is 11.5. The van der Waals surface area contributed by atoms with Gasteiger partial charge in [0.15, 0.2) is 0 Å². The summed E-state index contributed by atoms with van der Waals surface area (Å²) >= 11 is 0. The summed E-state index contributed by atoms with van der Waals surface area (Å²) in [6, 6.07) is 2.38. The summed E-state index contributed by atoms with van der Waals surface area (Å²) in [6.07, 6.45) is 2.05. The van der Waals surface area contributed by atoms with Gasteiger partial charge in [-0.2, -0.15) is 0 Å². The molecule has 2 atom stereocenters. The largest absolute Gasteiger partial charge is 0.481 e. The Morgan fingerprint density at radius 3 is 2.67 bits per heavy atom. The molecule has 0 amide bonds. The van der Waals surface area contributed by atoms with E-state index in [9.17, 15) is 9.90 Å². The van der Waals surface area contributed by atoms with E-state index in [2.05, 4.69) is 17.9 Å². The number of nitrogens with zero attached hydrogens (tertiary/aromatic N) is 1. The molecule has 1 saturated heterocycles. The fourth-order valence-electron chi connectivity index (χ4n) is 3.38. The van der Waals surface area contributed by atoms with Gasteiger partial charge in [-0.15, -0.1) is 0 Å². The Labute approximate surface area is 127 Å². The van der Waals surface area contributed by atoms with Gasteiger partial charge in [-0.05, 0) is 66.0 Å². The molecule has 0 saturated carbocycles. The molecule has 0 radical (unpaired) electrons. The van der Waals surface area contributed by atoms with E-state index in [1.54, 1.807) is 0 Å². The standard InChI is InChI=1S/C17H27NO3/c1-11-9-15(13(3)21-11)12(2)18-8-6-7-14(10-18)17(4,5)16(19)20/h9,12,14H,6-8,10H2,1-5H3,(H,19,20). The monoisotopic (exact) mass is 293 g/mol. The van der Waals surface area contributed by atoms with Crippen molar-refractivity contribution in [2.24, 2.45) is 11.3 Å². The zero-order valence-electron chi connectivity index (χ0n) is 13.8. The fourth-order valence-corrected chi connectivity index (χ4v) is 3.38. The van der Waals surface area contributed by atoms with Crippen LogP contribution in [-0.4, -0.2) is 29.1 Å². The Hall–Kier alpha value is -1.29. The minimum atomic E-state index is -0.697. The third-order valence-electron chi connectivity index (χ3n) is 5.10. The molecule has 1 aromatic rings. The van der Waals surface area contributed by atoms with Crippen LogP contribution in [0, 0.1) is 25.2 Å². The van der Waals surface area contributed by atoms with Crippen molar-refractivity contribution in [2.75, 3.05) is 13.1 Å². The highest BCUT2D eigenvalue weighted by atomic mass is 16.4. The molecule has 118 valence electrons. The zero-order valence-corrected chi connectivity index (χ0v) is 13.8. The SMILES string of the molecule is Cc1cc(C(C)N2CCCC(C(C)(C)C(=O)O)C2)c(C)o1. The Morgan fingerprint density at radius 1 is 1.48 bits per heavy atom. The average Bonchev–Trinajstić information content (AvgIpc) is 2.76. The van der Waals surface area contributed by atoms with Crippen molar-refractivity contribution in [3.8, 4) is 0 Å². The number of furan rings is 1. The number of aryl methyl sites for hydroxylation is 2. The summed E-state index contributed by atoms with van der Waals surface area (Å²) in [7, 11) is 0. The van der Waals surface area contributed by atoms with E-state index in [0.29, 0.717) is 0 Å². The first kappa shape index (κ1) is 16.1. The van der Waals surface area contributed by atoms with Gasteiger partial charge in [-0.1, -0.05) is 0 Å². The van der Waals surface area contributed by atoms with Crippen LogP contribution in [0.1, 0.15) is 56.7 Å². The molecule has 0 spiro atoms. The molecule has 2 unspecified atom stereocenters. The van der Waals surface area contributed by atoms with E-state index in [1.165, 1.54) is 5.56 Å². The van der Waals surface area contributed by atoms with E-state index < -0.39 is 11.4 Å². The highest BCUT2D eigenvalue weighted by Crippen LogP contribution is 2.37. The highest BCUT2D eigenvalue weighted by Gasteiger charge is 2.40. The number of carboxylic acid groups (broad SMARTS) is 1. The van der Waals surface area contributed by atoms with Gasteiger partial charge in [0.05, 0.1) is 5.41 Å². The maximum Gasteiger partial charge on any atom is 0.309 e. The molecule has 0 bridgehead atoms. The van der Waals surface area contributed by atoms with Crippen LogP contribution >= 0.6 is 0 Å². The van der Waals surface area contributed by atoms with Gasteiger partial charge < -0.3 is 9.52 Å². The minimum absolute atomic E-state index is 0.194. The Bertz CT molecular complexity index is 518. The van der Waals surface area contributed by atoms with E-state index in [0.717, 1.165) is 37.5 Å². The topological polar surface area (TPSA) is 53.7 Å². The lowest BCUT2D eigenvalue weighted by atomic mass is 9.74. The van der Waals surface area contributed by atoms with Gasteiger partial charge in [-0.25, -0.2) is 0 Å². The van der Waals surface area contributed by atoms with Crippen LogP contribution in [-0.2, 0) is 4.79 Å². The summed E-state index contributed by atoms with van der Waals surface area (Å²) in [5.74, 6) is 1.41. The van der Waals surface area contributed by atoms with Crippen LogP contribution in [0.15, 0.2) is 10.5 Å². The predicted molar refractivity (Wildman–Crippen MR) is 82.3 cm³/mol. The first-order valence-electron chi connectivity index (χ1n) is 7.78. The second-order valence-electron chi connectivity index (χ2n) is 6.91. The Balaban J connectivity index is 2.14. The molecule has 1 aromatic heterocycles. The van der Waals surface area contributed by atoms with Crippen LogP contribution in [0.4, 0.5) is 0 Å². The molecule has 1 aliphatic heterocycles. The van der Waals surface area contributed by atoms with Crippen LogP contribution in [0.2, 0.25) is 0 Å². The van der Waals surface area contributed by atoms with Gasteiger partial charge in [0.2, 0.25) is 0 Å².